The number of phosphoric acid groups is 1. The van der Waals surface area contributed by atoms with Crippen LogP contribution in [-0.2, 0) is 18.4 Å². The summed E-state index contributed by atoms with van der Waals surface area (Å²) in [5, 5.41) is 13.7. The number of likely N-dealkylation sites (N-methyl/N-ethyl adjacent to an activating group) is 1. The lowest BCUT2D eigenvalue weighted by molar-refractivity contribution is -0.870. The summed E-state index contributed by atoms with van der Waals surface area (Å²) in [5.41, 5.74) is 0. The van der Waals surface area contributed by atoms with E-state index >= 15 is 0 Å². The van der Waals surface area contributed by atoms with Gasteiger partial charge in [0.1, 0.15) is 13.2 Å². The normalized spacial score (nSPS) is 15.3. The van der Waals surface area contributed by atoms with E-state index in [9.17, 15) is 19.4 Å². The molecule has 0 aromatic heterocycles. The van der Waals surface area contributed by atoms with Gasteiger partial charge in [0.05, 0.1) is 39.9 Å². The maximum atomic E-state index is 12.8. The molecule has 0 aliphatic rings. The van der Waals surface area contributed by atoms with Gasteiger partial charge in [0.2, 0.25) is 5.91 Å². The molecule has 0 saturated carbocycles. The van der Waals surface area contributed by atoms with Crippen LogP contribution in [0.3, 0.4) is 0 Å². The molecular formula is C45H80N2O6P+. The van der Waals surface area contributed by atoms with E-state index in [0.717, 1.165) is 64.2 Å². The van der Waals surface area contributed by atoms with Crippen LogP contribution in [0.1, 0.15) is 142 Å². The number of carbonyl (C=O) groups is 1. The van der Waals surface area contributed by atoms with E-state index < -0.39 is 20.0 Å². The molecule has 0 heterocycles. The molecule has 0 aromatic carbocycles. The third-order valence-electron chi connectivity index (χ3n) is 8.58. The number of quaternary nitrogens is 1. The Bertz CT molecular complexity index is 1150. The second-order valence-electron chi connectivity index (χ2n) is 15.0. The second-order valence-corrected chi connectivity index (χ2v) is 16.4. The van der Waals surface area contributed by atoms with Crippen molar-refractivity contribution in [3.8, 4) is 0 Å². The summed E-state index contributed by atoms with van der Waals surface area (Å²) in [5.74, 6) is -0.237. The third kappa shape index (κ3) is 38.0. The molecule has 0 rings (SSSR count). The number of unbranched alkanes of at least 4 members (excludes halogenated alkanes) is 11. The number of allylic oxidation sites excluding steroid dienone is 13. The first-order chi connectivity index (χ1) is 26.0. The average Bonchev–Trinajstić information content (AvgIpc) is 3.12. The summed E-state index contributed by atoms with van der Waals surface area (Å²) in [7, 11) is 1.50. The van der Waals surface area contributed by atoms with Gasteiger partial charge in [-0.2, -0.15) is 0 Å². The summed E-state index contributed by atoms with van der Waals surface area (Å²) in [6.45, 7) is 4.59. The van der Waals surface area contributed by atoms with E-state index in [-0.39, 0.29) is 25.5 Å². The summed E-state index contributed by atoms with van der Waals surface area (Å²) < 4.78 is 23.5. The van der Waals surface area contributed by atoms with Gasteiger partial charge >= 0.3 is 7.82 Å². The number of nitrogens with zero attached hydrogens (tertiary/aromatic N) is 1. The Kier molecular flexibility index (Phi) is 34.8. The lowest BCUT2D eigenvalue weighted by Gasteiger charge is -2.25. The largest absolute Gasteiger partial charge is 0.472 e. The highest BCUT2D eigenvalue weighted by Crippen LogP contribution is 2.43. The predicted molar refractivity (Wildman–Crippen MR) is 230 cm³/mol. The van der Waals surface area contributed by atoms with E-state index in [2.05, 4.69) is 92.1 Å². The number of hydrogen-bond acceptors (Lipinski definition) is 5. The van der Waals surface area contributed by atoms with Gasteiger partial charge in [-0.1, -0.05) is 137 Å². The van der Waals surface area contributed by atoms with Crippen molar-refractivity contribution < 1.29 is 32.9 Å². The number of phosphoric ester groups is 1. The third-order valence-corrected chi connectivity index (χ3v) is 9.56. The highest BCUT2D eigenvalue weighted by atomic mass is 31.2. The Morgan fingerprint density at radius 2 is 1.13 bits per heavy atom. The van der Waals surface area contributed by atoms with Gasteiger partial charge in [-0.3, -0.25) is 13.8 Å². The number of aliphatic hydroxyl groups is 1. The number of aliphatic hydroxyl groups excluding tert-OH is 1. The topological polar surface area (TPSA) is 105 Å². The molecule has 1 amide bonds. The number of rotatable bonds is 36. The van der Waals surface area contributed by atoms with Crippen molar-refractivity contribution in [1.29, 1.82) is 0 Å². The molecule has 0 aromatic rings. The maximum Gasteiger partial charge on any atom is 0.472 e. The smallest absolute Gasteiger partial charge is 0.387 e. The summed E-state index contributed by atoms with van der Waals surface area (Å²) in [6.07, 6.45) is 49.4. The zero-order valence-corrected chi connectivity index (χ0v) is 35.8. The first-order valence-corrected chi connectivity index (χ1v) is 22.5. The van der Waals surface area contributed by atoms with Gasteiger partial charge < -0.3 is 19.8 Å². The van der Waals surface area contributed by atoms with Crippen molar-refractivity contribution in [3.05, 3.63) is 85.1 Å². The van der Waals surface area contributed by atoms with Crippen molar-refractivity contribution in [1.82, 2.24) is 5.32 Å². The van der Waals surface area contributed by atoms with Gasteiger partial charge in [0.15, 0.2) is 0 Å². The van der Waals surface area contributed by atoms with Gasteiger partial charge in [-0.05, 0) is 83.5 Å². The molecule has 310 valence electrons. The lowest BCUT2D eigenvalue weighted by Crippen LogP contribution is -2.45. The zero-order valence-electron chi connectivity index (χ0n) is 34.9. The van der Waals surface area contributed by atoms with Gasteiger partial charge in [0, 0.05) is 6.42 Å². The first kappa shape index (κ1) is 51.7. The molecule has 0 spiro atoms. The number of amides is 1. The van der Waals surface area contributed by atoms with Crippen molar-refractivity contribution in [2.75, 3.05) is 40.9 Å². The van der Waals surface area contributed by atoms with Crippen LogP contribution in [0.5, 0.6) is 0 Å². The Hall–Kier alpha value is -2.32. The summed E-state index contributed by atoms with van der Waals surface area (Å²) in [4.78, 5) is 23.0. The number of carbonyl (C=O) groups excluding carboxylic acids is 1. The minimum Gasteiger partial charge on any atom is -0.387 e. The summed E-state index contributed by atoms with van der Waals surface area (Å²) in [6, 6.07) is -0.894. The van der Waals surface area contributed by atoms with Crippen LogP contribution < -0.4 is 5.32 Å². The molecule has 54 heavy (non-hydrogen) atoms. The monoisotopic (exact) mass is 776 g/mol. The van der Waals surface area contributed by atoms with E-state index in [1.165, 1.54) is 51.4 Å². The van der Waals surface area contributed by atoms with Crippen LogP contribution in [0.15, 0.2) is 85.1 Å². The molecule has 8 nitrogen and oxygen atoms in total. The lowest BCUT2D eigenvalue weighted by atomic mass is 10.1. The Balaban J connectivity index is 4.66. The molecule has 0 fully saturated rings. The second kappa shape index (κ2) is 36.3. The standard InChI is InChI=1S/C45H79N2O6P/c1-6-8-10-12-14-16-18-20-22-23-25-26-28-30-32-34-36-38-44(48)43(42-53-54(50,51)52-41-40-47(3,4)5)46-45(49)39-37-35-33-31-29-27-24-21-19-17-15-13-11-9-7-2/h9,11,15,17,21-24,28-31,36,38,43-44,48H,6-8,10,12-14,16,18-20,25-27,32-35,37,39-42H2,1-5H3,(H-,46,49,50,51)/p+1/b11-9-,17-15-,23-22+,24-21-,30-28+,31-29-,38-36+. The average molecular weight is 776 g/mol. The predicted octanol–water partition coefficient (Wildman–Crippen LogP) is 11.4. The van der Waals surface area contributed by atoms with Crippen molar-refractivity contribution in [2.24, 2.45) is 0 Å². The minimum absolute atomic E-state index is 0.0408. The summed E-state index contributed by atoms with van der Waals surface area (Å²) >= 11 is 0. The van der Waals surface area contributed by atoms with Gasteiger partial charge in [-0.25, -0.2) is 4.57 Å². The van der Waals surface area contributed by atoms with E-state index in [1.807, 2.05) is 27.2 Å². The van der Waals surface area contributed by atoms with Gasteiger partial charge in [0.25, 0.3) is 0 Å². The van der Waals surface area contributed by atoms with Gasteiger partial charge in [-0.15, -0.1) is 0 Å². The fourth-order valence-electron chi connectivity index (χ4n) is 5.24. The molecule has 3 N–H and O–H groups in total. The highest BCUT2D eigenvalue weighted by molar-refractivity contribution is 7.47. The molecule has 0 saturated heterocycles. The fraction of sp³-hybridized carbons (Fsp3) is 0.667. The quantitative estimate of drug-likeness (QED) is 0.0253. The molecule has 3 atom stereocenters. The van der Waals surface area contributed by atoms with Crippen LogP contribution in [0.4, 0.5) is 0 Å². The molecule has 0 aliphatic carbocycles. The van der Waals surface area contributed by atoms with E-state index in [0.29, 0.717) is 17.4 Å². The van der Waals surface area contributed by atoms with Crippen LogP contribution in [-0.4, -0.2) is 73.4 Å². The highest BCUT2D eigenvalue weighted by Gasteiger charge is 2.27. The Labute approximate surface area is 331 Å². The number of nitrogens with one attached hydrogen (secondary N) is 1. The molecule has 0 aliphatic heterocycles. The van der Waals surface area contributed by atoms with Crippen molar-refractivity contribution >= 4 is 13.7 Å². The zero-order chi connectivity index (χ0) is 40.0. The SMILES string of the molecule is CC/C=C\C/C=C\C/C=C\C/C=C\CCCCC(=O)NC(COP(=O)(O)OCC[N+](C)(C)C)C(O)/C=C/CC/C=C/CC/C=C/CCCCCCCCC. The van der Waals surface area contributed by atoms with Crippen molar-refractivity contribution in [3.63, 3.8) is 0 Å². The Morgan fingerprint density at radius 1 is 0.648 bits per heavy atom. The first-order valence-electron chi connectivity index (χ1n) is 21.0. The minimum atomic E-state index is -4.36. The maximum absolute atomic E-state index is 12.8. The van der Waals surface area contributed by atoms with Crippen LogP contribution in [0.2, 0.25) is 0 Å². The van der Waals surface area contributed by atoms with E-state index in [1.54, 1.807) is 6.08 Å². The van der Waals surface area contributed by atoms with Crippen LogP contribution >= 0.6 is 7.82 Å². The van der Waals surface area contributed by atoms with Crippen LogP contribution in [0.25, 0.3) is 0 Å². The molecule has 3 unspecified atom stereocenters. The Morgan fingerprint density at radius 3 is 1.70 bits per heavy atom. The molecule has 9 heteroatoms. The molecule has 0 radical (unpaired) electrons. The van der Waals surface area contributed by atoms with E-state index in [4.69, 9.17) is 9.05 Å². The van der Waals surface area contributed by atoms with Crippen molar-refractivity contribution in [2.45, 2.75) is 154 Å². The molecular weight excluding hydrogens is 695 g/mol. The number of hydrogen-bond donors (Lipinski definition) is 3. The van der Waals surface area contributed by atoms with Crippen LogP contribution in [0, 0.1) is 0 Å². The molecule has 0 bridgehead atoms. The fourth-order valence-corrected chi connectivity index (χ4v) is 5.97.